The van der Waals surface area contributed by atoms with Crippen LogP contribution in [-0.2, 0) is 16.0 Å². The molecule has 1 aromatic rings. The molecule has 1 aromatic carbocycles. The molecule has 2 saturated heterocycles. The van der Waals surface area contributed by atoms with Gasteiger partial charge in [0.05, 0.1) is 0 Å². The number of guanidine groups is 1. The highest BCUT2D eigenvalue weighted by atomic mass is 127. The van der Waals surface area contributed by atoms with Gasteiger partial charge in [0, 0.05) is 51.4 Å². The summed E-state index contributed by atoms with van der Waals surface area (Å²) < 4.78 is 18.6. The second-order valence-corrected chi connectivity index (χ2v) is 7.18. The Bertz CT molecular complexity index is 693. The first-order valence-electron chi connectivity index (χ1n) is 9.38. The summed E-state index contributed by atoms with van der Waals surface area (Å²) in [7, 11) is 1.75. The van der Waals surface area contributed by atoms with Crippen LogP contribution >= 0.6 is 35.6 Å². The van der Waals surface area contributed by atoms with Gasteiger partial charge in [-0.15, -0.1) is 24.0 Å². The molecule has 0 spiro atoms. The van der Waals surface area contributed by atoms with Crippen LogP contribution in [0.4, 0.5) is 4.39 Å². The number of hydrogen-bond donors (Lipinski definition) is 1. The van der Waals surface area contributed by atoms with Crippen molar-refractivity contribution in [3.63, 3.8) is 0 Å². The number of carbonyl (C=O) groups excluding carboxylic acids is 1. The van der Waals surface area contributed by atoms with E-state index >= 15 is 0 Å². The molecule has 2 aliphatic rings. The van der Waals surface area contributed by atoms with Crippen LogP contribution in [0.1, 0.15) is 18.4 Å². The molecule has 156 valence electrons. The monoisotopic (exact) mass is 524 g/mol. The Morgan fingerprint density at radius 2 is 2.04 bits per heavy atom. The summed E-state index contributed by atoms with van der Waals surface area (Å²) in [5.74, 6) is 0.585. The fourth-order valence-electron chi connectivity index (χ4n) is 3.48. The van der Waals surface area contributed by atoms with E-state index < -0.39 is 0 Å². The van der Waals surface area contributed by atoms with Crippen LogP contribution in [0.25, 0.3) is 0 Å². The minimum atomic E-state index is -0.331. The molecule has 0 bridgehead atoms. The molecule has 2 heterocycles. The van der Waals surface area contributed by atoms with Gasteiger partial charge in [0.15, 0.2) is 5.96 Å². The van der Waals surface area contributed by atoms with Crippen LogP contribution in [0.5, 0.6) is 0 Å². The van der Waals surface area contributed by atoms with Gasteiger partial charge in [-0.2, -0.15) is 0 Å². The first kappa shape index (κ1) is 23.2. The third-order valence-electron chi connectivity index (χ3n) is 5.00. The van der Waals surface area contributed by atoms with Gasteiger partial charge in [-0.3, -0.25) is 9.79 Å². The predicted octanol–water partition coefficient (Wildman–Crippen LogP) is 2.54. The van der Waals surface area contributed by atoms with Crippen molar-refractivity contribution >= 4 is 47.4 Å². The number of benzene rings is 1. The first-order valence-corrected chi connectivity index (χ1v) is 9.76. The summed E-state index contributed by atoms with van der Waals surface area (Å²) in [5, 5.41) is 3.76. The van der Waals surface area contributed by atoms with Crippen LogP contribution in [0.3, 0.4) is 0 Å². The quantitative estimate of drug-likeness (QED) is 0.374. The number of aliphatic imine (C=N–C) groups is 1. The molecule has 9 heteroatoms. The third kappa shape index (κ3) is 5.93. The van der Waals surface area contributed by atoms with Crippen LogP contribution in [-0.4, -0.2) is 74.1 Å². The average molecular weight is 525 g/mol. The van der Waals surface area contributed by atoms with Crippen molar-refractivity contribution in [3.8, 4) is 0 Å². The second-order valence-electron chi connectivity index (χ2n) is 6.77. The lowest BCUT2D eigenvalue weighted by molar-refractivity contribution is -0.142. The number of nitrogens with one attached hydrogen (secondary N) is 1. The molecular formula is C19H27ClFIN4O2. The van der Waals surface area contributed by atoms with Gasteiger partial charge in [-0.25, -0.2) is 4.39 Å². The Kier molecular flexibility index (Phi) is 9.23. The summed E-state index contributed by atoms with van der Waals surface area (Å²) in [5.41, 5.74) is 0.896. The van der Waals surface area contributed by atoms with Gasteiger partial charge < -0.3 is 19.9 Å². The Hall–Kier alpha value is -1.13. The van der Waals surface area contributed by atoms with Crippen molar-refractivity contribution in [3.05, 3.63) is 34.6 Å². The molecular weight excluding hydrogens is 498 g/mol. The van der Waals surface area contributed by atoms with Gasteiger partial charge >= 0.3 is 0 Å². The van der Waals surface area contributed by atoms with Crippen molar-refractivity contribution in [2.75, 3.05) is 46.4 Å². The molecule has 1 amide bonds. The number of nitrogens with zero attached hydrogens (tertiary/aromatic N) is 3. The largest absolute Gasteiger partial charge is 0.368 e. The van der Waals surface area contributed by atoms with Gasteiger partial charge in [0.2, 0.25) is 0 Å². The van der Waals surface area contributed by atoms with E-state index in [1.807, 2.05) is 4.90 Å². The normalized spacial score (nSPS) is 20.1. The van der Waals surface area contributed by atoms with E-state index in [0.717, 1.165) is 37.5 Å². The molecule has 28 heavy (non-hydrogen) atoms. The molecule has 2 fully saturated rings. The van der Waals surface area contributed by atoms with Crippen molar-refractivity contribution in [2.24, 2.45) is 4.99 Å². The number of halogens is 3. The Balaban J connectivity index is 0.00000280. The van der Waals surface area contributed by atoms with E-state index in [-0.39, 0.29) is 41.8 Å². The van der Waals surface area contributed by atoms with E-state index in [2.05, 4.69) is 15.2 Å². The maximum atomic E-state index is 13.1. The highest BCUT2D eigenvalue weighted by Gasteiger charge is 2.30. The first-order chi connectivity index (χ1) is 13.1. The lowest BCUT2D eigenvalue weighted by atomic mass is 10.1. The standard InChI is InChI=1S/C19H26ClFN4O2.HI/c1-22-19(23-7-6-14-4-5-15(21)13-16(14)20)25-10-8-24(9-11-25)18(26)17-3-2-12-27-17;/h4-5,13,17H,2-3,6-12H2,1H3,(H,22,23);1H. The Labute approximate surface area is 187 Å². The van der Waals surface area contributed by atoms with Gasteiger partial charge in [-0.1, -0.05) is 17.7 Å². The number of piperazine rings is 1. The molecule has 3 rings (SSSR count). The molecule has 1 N–H and O–H groups in total. The zero-order chi connectivity index (χ0) is 19.2. The Morgan fingerprint density at radius 3 is 2.64 bits per heavy atom. The molecule has 0 saturated carbocycles. The molecule has 1 atom stereocenters. The minimum absolute atomic E-state index is 0. The zero-order valence-corrected chi connectivity index (χ0v) is 19.1. The molecule has 1 unspecified atom stereocenters. The number of amides is 1. The lowest BCUT2D eigenvalue weighted by Crippen LogP contribution is -2.55. The maximum Gasteiger partial charge on any atom is 0.251 e. The highest BCUT2D eigenvalue weighted by Crippen LogP contribution is 2.18. The summed E-state index contributed by atoms with van der Waals surface area (Å²) in [4.78, 5) is 20.8. The average Bonchev–Trinajstić information content (AvgIpc) is 3.21. The van der Waals surface area contributed by atoms with E-state index in [1.54, 1.807) is 13.1 Å². The van der Waals surface area contributed by atoms with E-state index in [0.29, 0.717) is 37.7 Å². The summed E-state index contributed by atoms with van der Waals surface area (Å²) in [6, 6.07) is 4.45. The zero-order valence-electron chi connectivity index (χ0n) is 16.0. The molecule has 2 aliphatic heterocycles. The van der Waals surface area contributed by atoms with E-state index in [9.17, 15) is 9.18 Å². The second kappa shape index (κ2) is 11.2. The van der Waals surface area contributed by atoms with Crippen molar-refractivity contribution in [1.29, 1.82) is 0 Å². The minimum Gasteiger partial charge on any atom is -0.368 e. The molecule has 0 aromatic heterocycles. The summed E-state index contributed by atoms with van der Waals surface area (Å²) in [6.07, 6.45) is 2.21. The highest BCUT2D eigenvalue weighted by molar-refractivity contribution is 14.0. The van der Waals surface area contributed by atoms with Gasteiger partial charge in [-0.05, 0) is 37.0 Å². The van der Waals surface area contributed by atoms with Crippen molar-refractivity contribution < 1.29 is 13.9 Å². The Morgan fingerprint density at radius 1 is 1.32 bits per heavy atom. The third-order valence-corrected chi connectivity index (χ3v) is 5.35. The van der Waals surface area contributed by atoms with E-state index in [4.69, 9.17) is 16.3 Å². The van der Waals surface area contributed by atoms with E-state index in [1.165, 1.54) is 12.1 Å². The number of carbonyl (C=O) groups is 1. The molecule has 6 nitrogen and oxygen atoms in total. The summed E-state index contributed by atoms with van der Waals surface area (Å²) in [6.45, 7) is 4.13. The number of hydrogen-bond acceptors (Lipinski definition) is 3. The van der Waals surface area contributed by atoms with Crippen molar-refractivity contribution in [2.45, 2.75) is 25.4 Å². The predicted molar refractivity (Wildman–Crippen MR) is 119 cm³/mol. The van der Waals surface area contributed by atoms with Crippen LogP contribution in [0.2, 0.25) is 5.02 Å². The van der Waals surface area contributed by atoms with Crippen LogP contribution in [0.15, 0.2) is 23.2 Å². The summed E-state index contributed by atoms with van der Waals surface area (Å²) >= 11 is 6.07. The number of rotatable bonds is 4. The number of ether oxygens (including phenoxy) is 1. The van der Waals surface area contributed by atoms with Crippen LogP contribution < -0.4 is 5.32 Å². The molecule has 0 aliphatic carbocycles. The SMILES string of the molecule is CN=C(NCCc1ccc(F)cc1Cl)N1CCN(C(=O)C2CCCO2)CC1.I. The fraction of sp³-hybridized carbons (Fsp3) is 0.579. The fourth-order valence-corrected chi connectivity index (χ4v) is 3.74. The topological polar surface area (TPSA) is 57.2 Å². The molecule has 0 radical (unpaired) electrons. The van der Waals surface area contributed by atoms with Gasteiger partial charge in [0.1, 0.15) is 11.9 Å². The van der Waals surface area contributed by atoms with Gasteiger partial charge in [0.25, 0.3) is 5.91 Å². The van der Waals surface area contributed by atoms with Crippen molar-refractivity contribution in [1.82, 2.24) is 15.1 Å². The van der Waals surface area contributed by atoms with Crippen LogP contribution in [0, 0.1) is 5.82 Å². The smallest absolute Gasteiger partial charge is 0.251 e. The maximum absolute atomic E-state index is 13.1. The lowest BCUT2D eigenvalue weighted by Gasteiger charge is -2.37.